The van der Waals surface area contributed by atoms with Crippen LogP contribution >= 0.6 is 0 Å². The molecule has 0 spiro atoms. The molecule has 6 fully saturated rings. The van der Waals surface area contributed by atoms with Gasteiger partial charge in [0, 0.05) is 33.6 Å². The van der Waals surface area contributed by atoms with Gasteiger partial charge in [0.25, 0.3) is 0 Å². The Morgan fingerprint density at radius 2 is 0.570 bits per heavy atom. The summed E-state index contributed by atoms with van der Waals surface area (Å²) >= 11 is 0. The van der Waals surface area contributed by atoms with Gasteiger partial charge in [-0.3, -0.25) is 28.8 Å². The summed E-state index contributed by atoms with van der Waals surface area (Å²) in [5.41, 5.74) is -3.81. The third kappa shape index (κ3) is 26.3. The molecule has 0 aliphatic carbocycles. The highest BCUT2D eigenvalue weighted by Crippen LogP contribution is 2.43. The van der Waals surface area contributed by atoms with Crippen LogP contribution in [0.3, 0.4) is 0 Å². The minimum atomic E-state index is -1.58. The van der Waals surface area contributed by atoms with E-state index in [-0.39, 0.29) is 47.5 Å². The van der Waals surface area contributed by atoms with Crippen LogP contribution in [0.25, 0.3) is 0 Å². The number of nitrogens with one attached hydrogen (secondary N) is 3. The van der Waals surface area contributed by atoms with E-state index in [1.165, 1.54) is 27.7 Å². The summed E-state index contributed by atoms with van der Waals surface area (Å²) in [4.78, 5) is 74.7. The molecule has 6 aliphatic rings. The summed E-state index contributed by atoms with van der Waals surface area (Å²) in [7, 11) is 0. The van der Waals surface area contributed by atoms with Gasteiger partial charge in [-0.15, -0.1) is 0 Å². The summed E-state index contributed by atoms with van der Waals surface area (Å²) in [6, 6.07) is -2.34. The van der Waals surface area contributed by atoms with Crippen LogP contribution in [0, 0.1) is 21.7 Å². The number of hydrogen-bond donors (Lipinski definition) is 12. The highest BCUT2D eigenvalue weighted by atomic mass is 16.7. The van der Waals surface area contributed by atoms with E-state index in [0.717, 1.165) is 0 Å². The number of carbonyl (C=O) groups excluding carboxylic acids is 6. The van der Waals surface area contributed by atoms with Crippen LogP contribution < -0.4 is 16.0 Å². The van der Waals surface area contributed by atoms with Gasteiger partial charge >= 0.3 is 0 Å². The van der Waals surface area contributed by atoms with Crippen LogP contribution in [-0.2, 0) is 85.6 Å². The Balaban J connectivity index is 0.000000340. The predicted molar refractivity (Wildman–Crippen MR) is 392 cm³/mol. The lowest BCUT2D eigenvalue weighted by molar-refractivity contribution is -0.335. The lowest BCUT2D eigenvalue weighted by atomic mass is 9.78. The fourth-order valence-corrected chi connectivity index (χ4v) is 14.4. The van der Waals surface area contributed by atoms with Crippen LogP contribution in [0.15, 0.2) is 0 Å². The second-order valence-corrected chi connectivity index (χ2v) is 37.0. The normalized spacial score (nSPS) is 38.4. The zero-order valence-electron chi connectivity index (χ0n) is 69.2. The Kier molecular flexibility index (Phi) is 34.2. The van der Waals surface area contributed by atoms with Gasteiger partial charge in [0.1, 0.15) is 110 Å². The van der Waals surface area contributed by atoms with Gasteiger partial charge in [-0.05, 0) is 110 Å². The number of aliphatic hydroxyl groups is 9. The zero-order valence-corrected chi connectivity index (χ0v) is 69.2. The summed E-state index contributed by atoms with van der Waals surface area (Å²) in [6.07, 6.45) is -28.7. The Morgan fingerprint density at radius 3 is 0.776 bits per heavy atom. The van der Waals surface area contributed by atoms with Crippen molar-refractivity contribution in [3.05, 3.63) is 0 Å². The molecule has 624 valence electrons. The summed E-state index contributed by atoms with van der Waals surface area (Å²) in [5.74, 6) is -2.04. The molecule has 0 aromatic carbocycles. The molecule has 6 aliphatic heterocycles. The lowest BCUT2D eigenvalue weighted by Crippen LogP contribution is -2.69. The monoisotopic (exact) mass is 1540 g/mol. The SMILES string of the molecule is CCC(=O)C1OC(OC2C(O)C(CC)OC(C(C)(C)C)C2NC(C)=O)C(O)C(O)C1OC(C)(C)C.CCC1OC(C(C)(C)C)C(NC(C)=O)C(OC2OC(C(=O)CC(C)(C)C)C(OC(C)(C)C)C(O)C2O)C1O.CCC1OC(C(C)(C)C)C(NC(C)=O)C(OC2OC(C(C)=O)C(OC(C)(C)C)C(O)C2O)C1O. The predicted octanol–water partition coefficient (Wildman–Crippen LogP) is 3.85. The summed E-state index contributed by atoms with van der Waals surface area (Å²) < 4.78 is 72.4. The molecule has 0 radical (unpaired) electrons. The van der Waals surface area contributed by atoms with Crippen LogP contribution in [-0.4, -0.2) is 281 Å². The number of carbonyl (C=O) groups is 6. The molecular weight excluding hydrogens is 1400 g/mol. The molecule has 107 heavy (non-hydrogen) atoms. The van der Waals surface area contributed by atoms with Gasteiger partial charge in [0.15, 0.2) is 36.2 Å². The fraction of sp³-hybridized carbons (Fsp3) is 0.922. The minimum Gasteiger partial charge on any atom is -0.388 e. The molecular formula is C77H139N3O27. The number of Topliss-reactive ketones (excluding diaryl/α,β-unsaturated/α-hetero) is 3. The first-order valence-electron chi connectivity index (χ1n) is 38.1. The van der Waals surface area contributed by atoms with Crippen LogP contribution in [0.1, 0.15) is 233 Å². The average Bonchev–Trinajstić information content (AvgIpc) is 0.772. The first kappa shape index (κ1) is 96.0. The second-order valence-electron chi connectivity index (χ2n) is 37.0. The second kappa shape index (κ2) is 38.1. The third-order valence-electron chi connectivity index (χ3n) is 19.1. The van der Waals surface area contributed by atoms with Gasteiger partial charge in [0.05, 0.1) is 71.6 Å². The number of amides is 3. The van der Waals surface area contributed by atoms with Crippen molar-refractivity contribution in [2.24, 2.45) is 21.7 Å². The molecule has 6 saturated heterocycles. The molecule has 30 atom stereocenters. The van der Waals surface area contributed by atoms with Crippen LogP contribution in [0.4, 0.5) is 0 Å². The van der Waals surface area contributed by atoms with E-state index in [9.17, 15) is 74.7 Å². The maximum absolute atomic E-state index is 13.4. The first-order valence-corrected chi connectivity index (χ1v) is 38.1. The number of hydrogen-bond acceptors (Lipinski definition) is 27. The fourth-order valence-electron chi connectivity index (χ4n) is 14.4. The molecule has 0 aromatic heterocycles. The number of rotatable bonds is 20. The Bertz CT molecular complexity index is 2860. The quantitative estimate of drug-likeness (QED) is 0.0823. The van der Waals surface area contributed by atoms with E-state index in [2.05, 4.69) is 16.0 Å². The molecule has 30 unspecified atom stereocenters. The number of ether oxygens (including phenoxy) is 12. The first-order chi connectivity index (χ1) is 48.6. The minimum absolute atomic E-state index is 0.128. The largest absolute Gasteiger partial charge is 0.388 e. The van der Waals surface area contributed by atoms with E-state index in [1.807, 2.05) is 104 Å². The van der Waals surface area contributed by atoms with Crippen LogP contribution in [0.5, 0.6) is 0 Å². The number of ketones is 3. The van der Waals surface area contributed by atoms with Crippen LogP contribution in [0.2, 0.25) is 0 Å². The molecule has 12 N–H and O–H groups in total. The Morgan fingerprint density at radius 1 is 0.327 bits per heavy atom. The summed E-state index contributed by atoms with van der Waals surface area (Å²) in [6.45, 7) is 51.9. The molecule has 0 bridgehead atoms. The van der Waals surface area contributed by atoms with E-state index in [4.69, 9.17) is 56.8 Å². The standard InChI is InChI=1S/C28H51NO9.C25H45NO9.C24H43NO9/c1-12-16-18(32)22(17(29-14(2)30)24(35-16)27(6,7)8)37-25-20(34)19(33)23(38-28(9,10)11)21(36-25)15(31)13-26(3,4)5;1-10-13(28)19-21(35-25(7,8)9)17(30)18(31)23(33-19)34-20-15(26-12(3)27)22(24(4,5)6)32-14(11-2)16(20)29;1-10-13-15(28)19(14(25-12(3)27)21(31-13)23(4,5)6)33-22-17(30)16(29)20(34-24(7,8)9)18(32-22)11(2)26/h16-25,32-34H,12-13H2,1-11H3,(H,29,30);14-23,29-31H,10-11H2,1-9H3,(H,26,27);13-22,28-30H,10H2,1-9H3,(H,25,27). The van der Waals surface area contributed by atoms with Gasteiger partial charge in [-0.1, -0.05) is 111 Å². The Hall–Kier alpha value is -3.42. The third-order valence-corrected chi connectivity index (χ3v) is 19.1. The van der Waals surface area contributed by atoms with Gasteiger partial charge < -0.3 is 119 Å². The van der Waals surface area contributed by atoms with Crippen molar-refractivity contribution in [3.63, 3.8) is 0 Å². The lowest BCUT2D eigenvalue weighted by Gasteiger charge is -2.51. The van der Waals surface area contributed by atoms with E-state index >= 15 is 0 Å². The van der Waals surface area contributed by atoms with Gasteiger partial charge in [0.2, 0.25) is 17.7 Å². The molecule has 0 saturated carbocycles. The smallest absolute Gasteiger partial charge is 0.217 e. The maximum atomic E-state index is 13.4. The Labute approximate surface area is 635 Å². The molecule has 3 amide bonds. The van der Waals surface area contributed by atoms with Gasteiger partial charge in [-0.25, -0.2) is 0 Å². The van der Waals surface area contributed by atoms with Crippen molar-refractivity contribution in [2.45, 2.75) is 433 Å². The van der Waals surface area contributed by atoms with Crippen molar-refractivity contribution < 1.29 is 132 Å². The maximum Gasteiger partial charge on any atom is 0.217 e. The van der Waals surface area contributed by atoms with Gasteiger partial charge in [-0.2, -0.15) is 0 Å². The highest BCUT2D eigenvalue weighted by Gasteiger charge is 2.59. The van der Waals surface area contributed by atoms with E-state index < -0.39 is 222 Å². The number of aliphatic hydroxyl groups excluding tert-OH is 9. The molecule has 6 heterocycles. The van der Waals surface area contributed by atoms with E-state index in [0.29, 0.717) is 19.3 Å². The molecule has 6 rings (SSSR count). The highest BCUT2D eigenvalue weighted by molar-refractivity contribution is 5.85. The van der Waals surface area contributed by atoms with Crippen molar-refractivity contribution in [1.29, 1.82) is 0 Å². The van der Waals surface area contributed by atoms with Crippen molar-refractivity contribution in [2.75, 3.05) is 0 Å². The molecule has 30 heteroatoms. The summed E-state index contributed by atoms with van der Waals surface area (Å²) in [5, 5.41) is 108. The van der Waals surface area contributed by atoms with Crippen molar-refractivity contribution in [1.82, 2.24) is 16.0 Å². The molecule has 30 nitrogen and oxygen atoms in total. The van der Waals surface area contributed by atoms with Crippen molar-refractivity contribution in [3.8, 4) is 0 Å². The molecule has 0 aromatic rings. The average molecular weight is 1540 g/mol. The zero-order chi connectivity index (χ0) is 82.4. The topological polar surface area (TPSA) is 431 Å². The van der Waals surface area contributed by atoms with E-state index in [1.54, 1.807) is 69.2 Å². The van der Waals surface area contributed by atoms with Crippen molar-refractivity contribution >= 4 is 35.1 Å².